The molecule has 0 bridgehead atoms. The first-order valence-electron chi connectivity index (χ1n) is 10.1. The number of hydrogen-bond acceptors (Lipinski definition) is 5. The van der Waals surface area contributed by atoms with Crippen LogP contribution in [0.5, 0.6) is 0 Å². The average molecular weight is 600 g/mol. The van der Waals surface area contributed by atoms with Crippen LogP contribution in [0.1, 0.15) is 28.8 Å². The molecule has 0 N–H and O–H groups in total. The summed E-state index contributed by atoms with van der Waals surface area (Å²) in [4.78, 5) is 50.9. The van der Waals surface area contributed by atoms with Gasteiger partial charge in [-0.3, -0.25) is 24.5 Å². The number of nitro benzene ring substituents is 1. The Balaban J connectivity index is 1.75. The molecule has 3 amide bonds. The second-order valence-electron chi connectivity index (χ2n) is 7.97. The lowest BCUT2D eigenvalue weighted by atomic mass is 9.81. The number of fused-ring (bicyclic) bond motifs is 1. The Hall–Kier alpha value is -2.30. The summed E-state index contributed by atoms with van der Waals surface area (Å²) in [6.45, 7) is -0.145. The van der Waals surface area contributed by atoms with Gasteiger partial charge in [0.15, 0.2) is 0 Å². The zero-order valence-corrected chi connectivity index (χ0v) is 21.0. The number of rotatable bonds is 5. The molecule has 1 aliphatic carbocycles. The molecule has 33 heavy (non-hydrogen) atoms. The van der Waals surface area contributed by atoms with Crippen LogP contribution >= 0.6 is 43.5 Å². The van der Waals surface area contributed by atoms with Crippen molar-refractivity contribution in [3.63, 3.8) is 0 Å². The molecule has 2 fully saturated rings. The normalized spacial score (nSPS) is 24.5. The quantitative estimate of drug-likeness (QED) is 0.214. The fraction of sp³-hybridized carbons (Fsp3) is 0.318. The molecular weight excluding hydrogens is 582 g/mol. The summed E-state index contributed by atoms with van der Waals surface area (Å²) in [7, 11) is 0. The van der Waals surface area contributed by atoms with Crippen LogP contribution in [0, 0.1) is 22.0 Å². The zero-order valence-electron chi connectivity index (χ0n) is 17.1. The molecule has 0 radical (unpaired) electrons. The van der Waals surface area contributed by atoms with Gasteiger partial charge in [0.1, 0.15) is 0 Å². The minimum atomic E-state index is -0.704. The maximum Gasteiger partial charge on any atom is 0.273 e. The van der Waals surface area contributed by atoms with E-state index in [1.54, 1.807) is 24.3 Å². The van der Waals surface area contributed by atoms with Crippen LogP contribution in [0.25, 0.3) is 0 Å². The highest BCUT2D eigenvalue weighted by molar-refractivity contribution is 9.12. The first-order chi connectivity index (χ1) is 15.7. The van der Waals surface area contributed by atoms with E-state index in [0.29, 0.717) is 23.4 Å². The van der Waals surface area contributed by atoms with Crippen LogP contribution in [0.4, 0.5) is 5.69 Å². The van der Waals surface area contributed by atoms with Crippen LogP contribution in [0.15, 0.2) is 48.5 Å². The van der Waals surface area contributed by atoms with Gasteiger partial charge in [-0.05, 0) is 30.5 Å². The fourth-order valence-electron chi connectivity index (χ4n) is 4.24. The molecule has 1 aliphatic heterocycles. The van der Waals surface area contributed by atoms with Crippen molar-refractivity contribution in [3.8, 4) is 0 Å². The van der Waals surface area contributed by atoms with Gasteiger partial charge in [-0.2, -0.15) is 5.01 Å². The predicted molar refractivity (Wildman–Crippen MR) is 128 cm³/mol. The molecule has 2 aliphatic rings. The van der Waals surface area contributed by atoms with Crippen LogP contribution in [0.3, 0.4) is 0 Å². The number of hydrazine groups is 1. The van der Waals surface area contributed by atoms with Gasteiger partial charge in [-0.25, -0.2) is 5.01 Å². The van der Waals surface area contributed by atoms with Crippen molar-refractivity contribution in [2.75, 3.05) is 0 Å². The van der Waals surface area contributed by atoms with Gasteiger partial charge < -0.3 is 0 Å². The van der Waals surface area contributed by atoms with Crippen LogP contribution in [0.2, 0.25) is 5.02 Å². The van der Waals surface area contributed by atoms with Crippen molar-refractivity contribution in [3.05, 3.63) is 74.8 Å². The predicted octanol–water partition coefficient (Wildman–Crippen LogP) is 4.73. The number of non-ortho nitro benzene ring substituents is 1. The number of nitro groups is 1. The minimum absolute atomic E-state index is 0.0107. The standard InChI is InChI=1S/C22H18Br2ClN3O5/c23-17-9-15-16(10-18(17)24)22(31)27(21(15)30)26(11-13-4-1-2-7-19(13)25)20(29)12-5-3-6-14(8-12)28(32)33/h1-8,15-18H,9-11H2/t15-,16+,17+,18-. The van der Waals surface area contributed by atoms with Gasteiger partial charge in [0, 0.05) is 32.4 Å². The van der Waals surface area contributed by atoms with E-state index in [-0.39, 0.29) is 27.4 Å². The van der Waals surface area contributed by atoms with E-state index in [4.69, 9.17) is 11.6 Å². The number of hydrogen-bond donors (Lipinski definition) is 0. The molecule has 0 aromatic heterocycles. The molecule has 1 saturated heterocycles. The third-order valence-corrected chi connectivity index (χ3v) is 9.05. The summed E-state index contributed by atoms with van der Waals surface area (Å²) in [6, 6.07) is 12.0. The molecule has 4 atom stereocenters. The molecule has 1 heterocycles. The monoisotopic (exact) mass is 597 g/mol. The van der Waals surface area contributed by atoms with Crippen molar-refractivity contribution in [1.29, 1.82) is 0 Å². The maximum atomic E-state index is 13.5. The third-order valence-electron chi connectivity index (χ3n) is 5.95. The molecule has 8 nitrogen and oxygen atoms in total. The van der Waals surface area contributed by atoms with Crippen molar-refractivity contribution < 1.29 is 19.3 Å². The number of amides is 3. The van der Waals surface area contributed by atoms with Gasteiger partial charge in [-0.1, -0.05) is 67.7 Å². The molecule has 2 aromatic carbocycles. The minimum Gasteiger partial charge on any atom is -0.272 e. The summed E-state index contributed by atoms with van der Waals surface area (Å²) < 4.78 is 0. The first kappa shape index (κ1) is 23.8. The Morgan fingerprint density at radius 3 is 2.24 bits per heavy atom. The van der Waals surface area contributed by atoms with E-state index < -0.39 is 34.5 Å². The van der Waals surface area contributed by atoms with Gasteiger partial charge in [0.2, 0.25) is 0 Å². The summed E-state index contributed by atoms with van der Waals surface area (Å²) in [5, 5.41) is 13.5. The van der Waals surface area contributed by atoms with Gasteiger partial charge in [0.05, 0.1) is 23.3 Å². The molecule has 172 valence electrons. The largest absolute Gasteiger partial charge is 0.273 e. The van der Waals surface area contributed by atoms with Crippen molar-refractivity contribution in [2.45, 2.75) is 29.0 Å². The number of carbonyl (C=O) groups is 3. The number of carbonyl (C=O) groups excluding carboxylic acids is 3. The molecule has 11 heteroatoms. The van der Waals surface area contributed by atoms with Crippen molar-refractivity contribution in [1.82, 2.24) is 10.0 Å². The Labute approximate surface area is 211 Å². The summed E-state index contributed by atoms with van der Waals surface area (Å²) in [6.07, 6.45) is 0.902. The highest BCUT2D eigenvalue weighted by Crippen LogP contribution is 2.44. The maximum absolute atomic E-state index is 13.5. The lowest BCUT2D eigenvalue weighted by Crippen LogP contribution is -2.49. The number of imide groups is 1. The zero-order chi connectivity index (χ0) is 23.9. The molecule has 1 saturated carbocycles. The molecular formula is C22H18Br2ClN3O5. The highest BCUT2D eigenvalue weighted by atomic mass is 79.9. The average Bonchev–Trinajstić information content (AvgIpc) is 3.02. The third kappa shape index (κ3) is 4.56. The first-order valence-corrected chi connectivity index (χ1v) is 12.4. The topological polar surface area (TPSA) is 101 Å². The SMILES string of the molecule is O=C(c1cccc([N+](=O)[O-])c1)N(Cc1ccccc1Cl)N1C(=O)[C@H]2C[C@@H](Br)[C@@H](Br)C[C@H]2C1=O. The lowest BCUT2D eigenvalue weighted by molar-refractivity contribution is -0.384. The fourth-order valence-corrected chi connectivity index (χ4v) is 5.67. The number of benzene rings is 2. The molecule has 4 rings (SSSR count). The number of alkyl halides is 2. The van der Waals surface area contributed by atoms with E-state index in [9.17, 15) is 24.5 Å². The smallest absolute Gasteiger partial charge is 0.272 e. The van der Waals surface area contributed by atoms with E-state index >= 15 is 0 Å². The van der Waals surface area contributed by atoms with Gasteiger partial charge in [-0.15, -0.1) is 0 Å². The Kier molecular flexibility index (Phi) is 6.88. The van der Waals surface area contributed by atoms with E-state index in [0.717, 1.165) is 16.1 Å². The van der Waals surface area contributed by atoms with Gasteiger partial charge >= 0.3 is 0 Å². The van der Waals surface area contributed by atoms with Crippen LogP contribution in [-0.4, -0.2) is 42.3 Å². The molecule has 0 spiro atoms. The van der Waals surface area contributed by atoms with Crippen LogP contribution in [-0.2, 0) is 16.1 Å². The van der Waals surface area contributed by atoms with E-state index in [1.165, 1.54) is 18.2 Å². The molecule has 0 unspecified atom stereocenters. The lowest BCUT2D eigenvalue weighted by Gasteiger charge is -2.31. The van der Waals surface area contributed by atoms with E-state index in [2.05, 4.69) is 31.9 Å². The second kappa shape index (κ2) is 9.52. The number of halogens is 3. The summed E-state index contributed by atoms with van der Waals surface area (Å²) >= 11 is 13.4. The van der Waals surface area contributed by atoms with E-state index in [1.807, 2.05) is 0 Å². The van der Waals surface area contributed by atoms with Gasteiger partial charge in [0.25, 0.3) is 23.4 Å². The Morgan fingerprint density at radius 2 is 1.67 bits per heavy atom. The second-order valence-corrected chi connectivity index (χ2v) is 10.7. The Bertz CT molecular complexity index is 1120. The van der Waals surface area contributed by atoms with Crippen LogP contribution < -0.4 is 0 Å². The summed E-state index contributed by atoms with van der Waals surface area (Å²) in [5.41, 5.74) is 0.254. The van der Waals surface area contributed by atoms with Crippen molar-refractivity contribution >= 4 is 66.9 Å². The summed E-state index contributed by atoms with van der Waals surface area (Å²) in [5.74, 6) is -2.73. The number of nitrogens with zero attached hydrogens (tertiary/aromatic N) is 3. The Morgan fingerprint density at radius 1 is 1.06 bits per heavy atom. The van der Waals surface area contributed by atoms with Crippen molar-refractivity contribution in [2.24, 2.45) is 11.8 Å². The molecule has 2 aromatic rings. The highest BCUT2D eigenvalue weighted by Gasteiger charge is 2.54.